The summed E-state index contributed by atoms with van der Waals surface area (Å²) in [5, 5.41) is 3.03. The van der Waals surface area contributed by atoms with Crippen molar-refractivity contribution in [3.8, 4) is 16.9 Å². The van der Waals surface area contributed by atoms with E-state index >= 15 is 0 Å². The van der Waals surface area contributed by atoms with Gasteiger partial charge in [-0.1, -0.05) is 48.5 Å². The molecule has 3 amide bonds. The molecule has 1 heterocycles. The van der Waals surface area contributed by atoms with Crippen LogP contribution in [-0.2, 0) is 23.9 Å². The van der Waals surface area contributed by atoms with Crippen molar-refractivity contribution in [1.29, 1.82) is 0 Å². The summed E-state index contributed by atoms with van der Waals surface area (Å²) in [5.74, 6) is 0.124. The third-order valence-electron chi connectivity index (χ3n) is 6.55. The topological polar surface area (TPSA) is 84.7 Å². The number of benzene rings is 3. The number of methoxy groups -OCH3 is 1. The fraction of sp³-hybridized carbons (Fsp3) is 0.286. The van der Waals surface area contributed by atoms with Crippen molar-refractivity contribution >= 4 is 11.9 Å². The lowest BCUT2D eigenvalue weighted by Gasteiger charge is -2.32. The van der Waals surface area contributed by atoms with E-state index in [2.05, 4.69) is 5.32 Å². The van der Waals surface area contributed by atoms with E-state index in [-0.39, 0.29) is 18.5 Å². The van der Waals surface area contributed by atoms with Crippen molar-refractivity contribution in [1.82, 2.24) is 10.2 Å². The third kappa shape index (κ3) is 6.04. The van der Waals surface area contributed by atoms with Crippen molar-refractivity contribution in [3.05, 3.63) is 89.0 Å². The van der Waals surface area contributed by atoms with Gasteiger partial charge in [-0.15, -0.1) is 0 Å². The first-order valence-corrected chi connectivity index (χ1v) is 11.9. The van der Waals surface area contributed by atoms with Gasteiger partial charge in [0.1, 0.15) is 5.75 Å². The van der Waals surface area contributed by atoms with Crippen molar-refractivity contribution in [2.24, 2.45) is 5.73 Å². The fourth-order valence-electron chi connectivity index (χ4n) is 4.65. The van der Waals surface area contributed by atoms with Gasteiger partial charge in [-0.05, 0) is 53.3 Å². The second kappa shape index (κ2) is 10.9. The number of carbonyl (C=O) groups excluding carboxylic acids is 2. The first-order chi connectivity index (χ1) is 17.7. The van der Waals surface area contributed by atoms with Crippen LogP contribution < -0.4 is 15.8 Å². The number of ether oxygens (including phenoxy) is 1. The van der Waals surface area contributed by atoms with Gasteiger partial charge in [0.25, 0.3) is 0 Å². The van der Waals surface area contributed by atoms with Gasteiger partial charge in [0, 0.05) is 25.1 Å². The largest absolute Gasteiger partial charge is 0.496 e. The number of amides is 3. The molecule has 0 radical (unpaired) electrons. The van der Waals surface area contributed by atoms with Gasteiger partial charge in [0.2, 0.25) is 5.91 Å². The van der Waals surface area contributed by atoms with Crippen LogP contribution in [0.25, 0.3) is 11.1 Å². The molecule has 3 N–H and O–H groups in total. The van der Waals surface area contributed by atoms with E-state index in [1.807, 2.05) is 36.4 Å². The van der Waals surface area contributed by atoms with Gasteiger partial charge >= 0.3 is 12.2 Å². The number of carbonyl (C=O) groups is 2. The highest BCUT2D eigenvalue weighted by Gasteiger charge is 2.31. The van der Waals surface area contributed by atoms with E-state index in [0.717, 1.165) is 34.4 Å². The van der Waals surface area contributed by atoms with Gasteiger partial charge in [-0.2, -0.15) is 13.2 Å². The van der Waals surface area contributed by atoms with Crippen molar-refractivity contribution in [2.45, 2.75) is 38.0 Å². The Balaban J connectivity index is 1.56. The normalized spacial score (nSPS) is 14.0. The third-order valence-corrected chi connectivity index (χ3v) is 6.55. The summed E-state index contributed by atoms with van der Waals surface area (Å²) in [5.41, 5.74) is 8.69. The zero-order valence-electron chi connectivity index (χ0n) is 20.3. The number of nitrogens with zero attached hydrogens (tertiary/aromatic N) is 1. The lowest BCUT2D eigenvalue weighted by Crippen LogP contribution is -2.44. The molecule has 0 unspecified atom stereocenters. The standard InChI is InChI=1S/C28H28F3N3O3/c1-37-24-13-9-20-17-34(27(36)33-23(12-14-25(32)35)18-5-3-2-4-6-18)16-15-22(20)26(24)19-7-10-21(11-8-19)28(29,30)31/h2-11,13,23H,12,14-17H2,1H3,(H2,32,35)(H,33,36)/t23-/m0/s1. The molecular formula is C28H28F3N3O3. The van der Waals surface area contributed by atoms with E-state index in [1.165, 1.54) is 19.2 Å². The van der Waals surface area contributed by atoms with Crippen LogP contribution in [-0.4, -0.2) is 30.5 Å². The summed E-state index contributed by atoms with van der Waals surface area (Å²) < 4.78 is 44.7. The Hall–Kier alpha value is -4.01. The van der Waals surface area contributed by atoms with E-state index < -0.39 is 17.6 Å². The molecular weight excluding hydrogens is 483 g/mol. The molecule has 0 aliphatic carbocycles. The van der Waals surface area contributed by atoms with Gasteiger partial charge in [0.15, 0.2) is 0 Å². The van der Waals surface area contributed by atoms with Crippen LogP contribution in [0.2, 0.25) is 0 Å². The highest BCUT2D eigenvalue weighted by atomic mass is 19.4. The zero-order valence-corrected chi connectivity index (χ0v) is 20.3. The van der Waals surface area contributed by atoms with Crippen LogP contribution in [0.1, 0.15) is 41.1 Å². The van der Waals surface area contributed by atoms with E-state index in [9.17, 15) is 22.8 Å². The number of halogens is 3. The van der Waals surface area contributed by atoms with Gasteiger partial charge in [-0.3, -0.25) is 4.79 Å². The van der Waals surface area contributed by atoms with Crippen LogP contribution in [0.15, 0.2) is 66.7 Å². The molecule has 3 aromatic carbocycles. The van der Waals surface area contributed by atoms with E-state index in [0.29, 0.717) is 37.2 Å². The minimum atomic E-state index is -4.42. The number of alkyl halides is 3. The van der Waals surface area contributed by atoms with E-state index in [4.69, 9.17) is 10.5 Å². The number of nitrogens with one attached hydrogen (secondary N) is 1. The van der Waals surface area contributed by atoms with Gasteiger partial charge in [-0.25, -0.2) is 4.79 Å². The van der Waals surface area contributed by atoms with Gasteiger partial charge < -0.3 is 20.7 Å². The number of urea groups is 1. The lowest BCUT2D eigenvalue weighted by atomic mass is 9.89. The number of nitrogens with two attached hydrogens (primary N) is 1. The highest BCUT2D eigenvalue weighted by molar-refractivity contribution is 5.79. The molecule has 37 heavy (non-hydrogen) atoms. The number of fused-ring (bicyclic) bond motifs is 1. The lowest BCUT2D eigenvalue weighted by molar-refractivity contribution is -0.137. The molecule has 1 atom stereocenters. The second-order valence-electron chi connectivity index (χ2n) is 8.94. The van der Waals surface area contributed by atoms with Crippen LogP contribution in [0.5, 0.6) is 5.75 Å². The Labute approximate surface area is 213 Å². The maximum absolute atomic E-state index is 13.2. The number of hydrogen-bond acceptors (Lipinski definition) is 3. The molecule has 3 aromatic rings. The Bertz CT molecular complexity index is 1260. The number of rotatable bonds is 7. The maximum Gasteiger partial charge on any atom is 0.416 e. The smallest absolute Gasteiger partial charge is 0.416 e. The molecule has 4 rings (SSSR count). The highest BCUT2D eigenvalue weighted by Crippen LogP contribution is 2.39. The maximum atomic E-state index is 13.2. The summed E-state index contributed by atoms with van der Waals surface area (Å²) in [6.45, 7) is 0.743. The molecule has 1 aliphatic rings. The van der Waals surface area contributed by atoms with Crippen LogP contribution in [0.4, 0.5) is 18.0 Å². The first kappa shape index (κ1) is 26.1. The summed E-state index contributed by atoms with van der Waals surface area (Å²) in [4.78, 5) is 26.3. The average molecular weight is 512 g/mol. The Morgan fingerprint density at radius 3 is 2.38 bits per heavy atom. The molecule has 194 valence electrons. The Kier molecular flexibility index (Phi) is 7.71. The molecule has 0 spiro atoms. The average Bonchev–Trinajstić information content (AvgIpc) is 2.89. The van der Waals surface area contributed by atoms with Crippen LogP contribution in [0, 0.1) is 0 Å². The fourth-order valence-corrected chi connectivity index (χ4v) is 4.65. The Morgan fingerprint density at radius 1 is 1.05 bits per heavy atom. The molecule has 1 aliphatic heterocycles. The van der Waals surface area contributed by atoms with Crippen molar-refractivity contribution in [3.63, 3.8) is 0 Å². The van der Waals surface area contributed by atoms with Crippen LogP contribution >= 0.6 is 0 Å². The van der Waals surface area contributed by atoms with Crippen molar-refractivity contribution in [2.75, 3.05) is 13.7 Å². The molecule has 0 fully saturated rings. The number of primary amides is 1. The zero-order chi connectivity index (χ0) is 26.6. The number of hydrogen-bond donors (Lipinski definition) is 2. The molecule has 9 heteroatoms. The minimum absolute atomic E-state index is 0.138. The molecule has 0 bridgehead atoms. The quantitative estimate of drug-likeness (QED) is 0.442. The molecule has 0 saturated carbocycles. The summed E-state index contributed by atoms with van der Waals surface area (Å²) in [6.07, 6.45) is -3.39. The monoisotopic (exact) mass is 511 g/mol. The predicted octanol–water partition coefficient (Wildman–Crippen LogP) is 5.46. The summed E-state index contributed by atoms with van der Waals surface area (Å²) >= 11 is 0. The first-order valence-electron chi connectivity index (χ1n) is 11.9. The van der Waals surface area contributed by atoms with Crippen molar-refractivity contribution < 1.29 is 27.5 Å². The molecule has 0 saturated heterocycles. The van der Waals surface area contributed by atoms with Crippen LogP contribution in [0.3, 0.4) is 0 Å². The second-order valence-corrected chi connectivity index (χ2v) is 8.94. The summed E-state index contributed by atoms with van der Waals surface area (Å²) in [6, 6.07) is 17.4. The molecule has 0 aromatic heterocycles. The minimum Gasteiger partial charge on any atom is -0.496 e. The predicted molar refractivity (Wildman–Crippen MR) is 134 cm³/mol. The summed E-state index contributed by atoms with van der Waals surface area (Å²) in [7, 11) is 1.52. The molecule has 6 nitrogen and oxygen atoms in total. The van der Waals surface area contributed by atoms with E-state index in [1.54, 1.807) is 11.0 Å². The van der Waals surface area contributed by atoms with Gasteiger partial charge in [0.05, 0.1) is 18.7 Å². The SMILES string of the molecule is COc1ccc2c(c1-c1ccc(C(F)(F)F)cc1)CCN(C(=O)N[C@@H](CCC(N)=O)c1ccccc1)C2. The Morgan fingerprint density at radius 2 is 1.76 bits per heavy atom.